The van der Waals surface area contributed by atoms with E-state index in [-0.39, 0.29) is 17.6 Å². The molecule has 2 amide bonds. The van der Waals surface area contributed by atoms with E-state index in [4.69, 9.17) is 0 Å². The second kappa shape index (κ2) is 7.68. The standard InChI is InChI=1S/C21H23FN2O2/c1-15-3-5-17(6-4-15)14-20(25)23-9-11-24(12-10-23)21(26)18-7-8-19(22)16(2)13-18/h3-8,13H,9-12,14H2,1-2H3. The number of carbonyl (C=O) groups excluding carboxylic acids is 2. The molecule has 0 aromatic heterocycles. The van der Waals surface area contributed by atoms with Crippen molar-refractivity contribution < 1.29 is 14.0 Å². The maximum atomic E-state index is 13.4. The van der Waals surface area contributed by atoms with Crippen molar-refractivity contribution in [1.82, 2.24) is 9.80 Å². The molecule has 0 spiro atoms. The Bertz CT molecular complexity index is 809. The Balaban J connectivity index is 1.56. The van der Waals surface area contributed by atoms with Gasteiger partial charge in [0.25, 0.3) is 5.91 Å². The number of halogens is 1. The summed E-state index contributed by atoms with van der Waals surface area (Å²) in [4.78, 5) is 28.6. The highest BCUT2D eigenvalue weighted by atomic mass is 19.1. The number of piperazine rings is 1. The Kier molecular flexibility index (Phi) is 5.35. The van der Waals surface area contributed by atoms with Crippen molar-refractivity contribution in [3.63, 3.8) is 0 Å². The lowest BCUT2D eigenvalue weighted by Gasteiger charge is -2.35. The van der Waals surface area contributed by atoms with Gasteiger partial charge in [0.1, 0.15) is 5.82 Å². The van der Waals surface area contributed by atoms with Crippen LogP contribution in [-0.4, -0.2) is 47.8 Å². The van der Waals surface area contributed by atoms with Crippen molar-refractivity contribution in [2.45, 2.75) is 20.3 Å². The van der Waals surface area contributed by atoms with Gasteiger partial charge in [0.15, 0.2) is 0 Å². The SMILES string of the molecule is Cc1ccc(CC(=O)N2CCN(C(=O)c3ccc(F)c(C)c3)CC2)cc1. The first-order valence-electron chi connectivity index (χ1n) is 8.83. The Labute approximate surface area is 153 Å². The Morgan fingerprint density at radius 3 is 2.15 bits per heavy atom. The molecule has 136 valence electrons. The molecule has 0 radical (unpaired) electrons. The predicted molar refractivity (Wildman–Crippen MR) is 98.5 cm³/mol. The van der Waals surface area contributed by atoms with Gasteiger partial charge in [-0.1, -0.05) is 29.8 Å². The lowest BCUT2D eigenvalue weighted by molar-refractivity contribution is -0.131. The highest BCUT2D eigenvalue weighted by molar-refractivity contribution is 5.94. The first kappa shape index (κ1) is 18.1. The summed E-state index contributed by atoms with van der Waals surface area (Å²) in [6, 6.07) is 12.4. The molecule has 1 heterocycles. The summed E-state index contributed by atoms with van der Waals surface area (Å²) < 4.78 is 13.4. The monoisotopic (exact) mass is 354 g/mol. The minimum absolute atomic E-state index is 0.0820. The van der Waals surface area contributed by atoms with E-state index in [1.165, 1.54) is 17.7 Å². The second-order valence-corrected chi connectivity index (χ2v) is 6.80. The van der Waals surface area contributed by atoms with Crippen molar-refractivity contribution >= 4 is 11.8 Å². The van der Waals surface area contributed by atoms with Gasteiger partial charge in [-0.15, -0.1) is 0 Å². The molecule has 2 aromatic carbocycles. The van der Waals surface area contributed by atoms with Crippen molar-refractivity contribution in [3.05, 3.63) is 70.5 Å². The van der Waals surface area contributed by atoms with Crippen LogP contribution < -0.4 is 0 Å². The molecule has 3 rings (SSSR count). The molecule has 4 nitrogen and oxygen atoms in total. The van der Waals surface area contributed by atoms with E-state index in [2.05, 4.69) is 0 Å². The molecule has 0 N–H and O–H groups in total. The van der Waals surface area contributed by atoms with E-state index < -0.39 is 0 Å². The van der Waals surface area contributed by atoms with Gasteiger partial charge in [-0.25, -0.2) is 4.39 Å². The van der Waals surface area contributed by atoms with Gasteiger partial charge >= 0.3 is 0 Å². The molecule has 2 aromatic rings. The lowest BCUT2D eigenvalue weighted by Crippen LogP contribution is -2.51. The molecule has 0 atom stereocenters. The highest BCUT2D eigenvalue weighted by Crippen LogP contribution is 2.14. The van der Waals surface area contributed by atoms with Crippen molar-refractivity contribution in [2.75, 3.05) is 26.2 Å². The van der Waals surface area contributed by atoms with Gasteiger partial charge in [0, 0.05) is 31.7 Å². The van der Waals surface area contributed by atoms with Crippen LogP contribution in [-0.2, 0) is 11.2 Å². The fourth-order valence-corrected chi connectivity index (χ4v) is 3.11. The minimum Gasteiger partial charge on any atom is -0.339 e. The van der Waals surface area contributed by atoms with E-state index in [1.54, 1.807) is 22.8 Å². The first-order chi connectivity index (χ1) is 12.4. The first-order valence-corrected chi connectivity index (χ1v) is 8.83. The number of rotatable bonds is 3. The number of amides is 2. The Morgan fingerprint density at radius 2 is 1.54 bits per heavy atom. The third-order valence-corrected chi connectivity index (χ3v) is 4.80. The van der Waals surface area contributed by atoms with E-state index in [1.807, 2.05) is 31.2 Å². The van der Waals surface area contributed by atoms with Gasteiger partial charge < -0.3 is 9.80 Å². The quantitative estimate of drug-likeness (QED) is 0.850. The Hall–Kier alpha value is -2.69. The van der Waals surface area contributed by atoms with E-state index >= 15 is 0 Å². The molecule has 0 unspecified atom stereocenters. The predicted octanol–water partition coefficient (Wildman–Crippen LogP) is 2.97. The fourth-order valence-electron chi connectivity index (χ4n) is 3.11. The number of hydrogen-bond acceptors (Lipinski definition) is 2. The van der Waals surface area contributed by atoms with Gasteiger partial charge in [-0.05, 0) is 43.2 Å². The molecule has 26 heavy (non-hydrogen) atoms. The molecule has 1 aliphatic heterocycles. The average Bonchev–Trinajstić information content (AvgIpc) is 2.65. The third kappa shape index (κ3) is 4.10. The van der Waals surface area contributed by atoms with Crippen LogP contribution >= 0.6 is 0 Å². The summed E-state index contributed by atoms with van der Waals surface area (Å²) in [5.41, 5.74) is 3.12. The normalized spacial score (nSPS) is 14.4. The average molecular weight is 354 g/mol. The largest absolute Gasteiger partial charge is 0.339 e. The molecular formula is C21H23FN2O2. The maximum Gasteiger partial charge on any atom is 0.253 e. The minimum atomic E-state index is -0.312. The zero-order valence-corrected chi connectivity index (χ0v) is 15.2. The second-order valence-electron chi connectivity index (χ2n) is 6.80. The van der Waals surface area contributed by atoms with Gasteiger partial charge in [-0.3, -0.25) is 9.59 Å². The van der Waals surface area contributed by atoms with Gasteiger partial charge in [0.2, 0.25) is 5.91 Å². The van der Waals surface area contributed by atoms with E-state index in [9.17, 15) is 14.0 Å². The lowest BCUT2D eigenvalue weighted by atomic mass is 10.1. The molecule has 1 fully saturated rings. The Morgan fingerprint density at radius 1 is 0.923 bits per heavy atom. The zero-order chi connectivity index (χ0) is 18.7. The molecule has 1 aliphatic rings. The topological polar surface area (TPSA) is 40.6 Å². The smallest absolute Gasteiger partial charge is 0.253 e. The molecule has 0 bridgehead atoms. The molecule has 1 saturated heterocycles. The summed E-state index contributed by atoms with van der Waals surface area (Å²) in [7, 11) is 0. The van der Waals surface area contributed by atoms with Crippen LogP contribution in [0.15, 0.2) is 42.5 Å². The summed E-state index contributed by atoms with van der Waals surface area (Å²) in [5.74, 6) is -0.342. The van der Waals surface area contributed by atoms with Crippen LogP contribution in [0.3, 0.4) is 0 Å². The van der Waals surface area contributed by atoms with E-state index in [0.29, 0.717) is 43.7 Å². The number of benzene rings is 2. The number of aryl methyl sites for hydroxylation is 2. The molecule has 0 aliphatic carbocycles. The summed E-state index contributed by atoms with van der Waals surface area (Å²) in [5, 5.41) is 0. The van der Waals surface area contributed by atoms with Crippen molar-refractivity contribution in [1.29, 1.82) is 0 Å². The van der Waals surface area contributed by atoms with Crippen LogP contribution in [0.2, 0.25) is 0 Å². The van der Waals surface area contributed by atoms with Crippen LogP contribution in [0, 0.1) is 19.7 Å². The summed E-state index contributed by atoms with van der Waals surface area (Å²) >= 11 is 0. The maximum absolute atomic E-state index is 13.4. The summed E-state index contributed by atoms with van der Waals surface area (Å²) in [6.45, 7) is 5.70. The number of hydrogen-bond donors (Lipinski definition) is 0. The molecule has 5 heteroatoms. The zero-order valence-electron chi connectivity index (χ0n) is 15.2. The van der Waals surface area contributed by atoms with Crippen LogP contribution in [0.4, 0.5) is 4.39 Å². The number of carbonyl (C=O) groups is 2. The van der Waals surface area contributed by atoms with E-state index in [0.717, 1.165) is 5.56 Å². The number of nitrogens with zero attached hydrogens (tertiary/aromatic N) is 2. The van der Waals surface area contributed by atoms with Crippen LogP contribution in [0.1, 0.15) is 27.0 Å². The van der Waals surface area contributed by atoms with Crippen molar-refractivity contribution in [2.24, 2.45) is 0 Å². The van der Waals surface area contributed by atoms with Gasteiger partial charge in [-0.2, -0.15) is 0 Å². The molecular weight excluding hydrogens is 331 g/mol. The van der Waals surface area contributed by atoms with Crippen LogP contribution in [0.25, 0.3) is 0 Å². The highest BCUT2D eigenvalue weighted by Gasteiger charge is 2.25. The third-order valence-electron chi connectivity index (χ3n) is 4.80. The molecule has 0 saturated carbocycles. The van der Waals surface area contributed by atoms with Gasteiger partial charge in [0.05, 0.1) is 6.42 Å². The van der Waals surface area contributed by atoms with Crippen molar-refractivity contribution in [3.8, 4) is 0 Å². The van der Waals surface area contributed by atoms with Crippen LogP contribution in [0.5, 0.6) is 0 Å². The fraction of sp³-hybridized carbons (Fsp3) is 0.333. The summed E-state index contributed by atoms with van der Waals surface area (Å²) in [6.07, 6.45) is 0.380.